The van der Waals surface area contributed by atoms with E-state index in [0.29, 0.717) is 26.4 Å². The molecule has 4 heteroatoms. The normalized spacial score (nSPS) is 17.8. The van der Waals surface area contributed by atoms with Crippen LogP contribution in [0.25, 0.3) is 0 Å². The lowest BCUT2D eigenvalue weighted by molar-refractivity contribution is 0.0643. The molecule has 0 aromatic heterocycles. The van der Waals surface area contributed by atoms with E-state index in [0.717, 1.165) is 37.0 Å². The van der Waals surface area contributed by atoms with Crippen molar-refractivity contribution in [3.05, 3.63) is 29.3 Å². The second kappa shape index (κ2) is 8.25. The molecule has 0 radical (unpaired) electrons. The van der Waals surface area contributed by atoms with Gasteiger partial charge in [-0.1, -0.05) is 12.1 Å². The third-order valence-electron chi connectivity index (χ3n) is 3.55. The maximum absolute atomic E-state index is 9.99. The van der Waals surface area contributed by atoms with Crippen molar-refractivity contribution >= 4 is 0 Å². The number of hydrogen-bond acceptors (Lipinski definition) is 4. The van der Waals surface area contributed by atoms with Gasteiger partial charge in [-0.3, -0.25) is 0 Å². The molecular formula is C16H24O4. The summed E-state index contributed by atoms with van der Waals surface area (Å²) in [6, 6.07) is 5.94. The van der Waals surface area contributed by atoms with Crippen LogP contribution in [-0.2, 0) is 15.9 Å². The van der Waals surface area contributed by atoms with Crippen molar-refractivity contribution in [2.24, 2.45) is 0 Å². The van der Waals surface area contributed by atoms with E-state index in [-0.39, 0.29) is 6.10 Å². The number of fused-ring (bicyclic) bond motifs is 1. The highest BCUT2D eigenvalue weighted by Crippen LogP contribution is 2.35. The van der Waals surface area contributed by atoms with Crippen LogP contribution >= 0.6 is 0 Å². The van der Waals surface area contributed by atoms with Crippen molar-refractivity contribution in [2.75, 3.05) is 33.5 Å². The van der Waals surface area contributed by atoms with Gasteiger partial charge in [-0.05, 0) is 36.5 Å². The second-order valence-electron chi connectivity index (χ2n) is 5.04. The van der Waals surface area contributed by atoms with Crippen molar-refractivity contribution < 1.29 is 19.3 Å². The van der Waals surface area contributed by atoms with Gasteiger partial charge in [0.1, 0.15) is 5.75 Å². The molecule has 20 heavy (non-hydrogen) atoms. The molecule has 0 bridgehead atoms. The van der Waals surface area contributed by atoms with Gasteiger partial charge in [0.25, 0.3) is 0 Å². The Morgan fingerprint density at radius 3 is 2.95 bits per heavy atom. The predicted molar refractivity (Wildman–Crippen MR) is 77.1 cm³/mol. The molecule has 0 fully saturated rings. The summed E-state index contributed by atoms with van der Waals surface area (Å²) in [4.78, 5) is 0. The van der Waals surface area contributed by atoms with E-state index in [1.54, 1.807) is 7.11 Å². The van der Waals surface area contributed by atoms with Gasteiger partial charge in [0.05, 0.1) is 25.9 Å². The average molecular weight is 280 g/mol. The lowest BCUT2D eigenvalue weighted by atomic mass is 9.89. The van der Waals surface area contributed by atoms with Crippen LogP contribution in [0, 0.1) is 0 Å². The van der Waals surface area contributed by atoms with Crippen molar-refractivity contribution in [3.8, 4) is 5.75 Å². The van der Waals surface area contributed by atoms with Crippen LogP contribution in [0.5, 0.6) is 5.75 Å². The minimum absolute atomic E-state index is 0.334. The van der Waals surface area contributed by atoms with Gasteiger partial charge in [0.2, 0.25) is 0 Å². The Bertz CT molecular complexity index is 405. The third-order valence-corrected chi connectivity index (χ3v) is 3.55. The van der Waals surface area contributed by atoms with Crippen LogP contribution in [-0.4, -0.2) is 38.6 Å². The lowest BCUT2D eigenvalue weighted by Gasteiger charge is -2.23. The fourth-order valence-corrected chi connectivity index (χ4v) is 2.51. The third kappa shape index (κ3) is 4.20. The second-order valence-corrected chi connectivity index (χ2v) is 5.04. The van der Waals surface area contributed by atoms with Gasteiger partial charge in [0, 0.05) is 20.1 Å². The number of benzene rings is 1. The van der Waals surface area contributed by atoms with E-state index in [2.05, 4.69) is 0 Å². The molecule has 0 saturated carbocycles. The highest BCUT2D eigenvalue weighted by Gasteiger charge is 2.20. The fourth-order valence-electron chi connectivity index (χ4n) is 2.51. The molecule has 4 nitrogen and oxygen atoms in total. The van der Waals surface area contributed by atoms with E-state index < -0.39 is 0 Å². The first kappa shape index (κ1) is 15.3. The van der Waals surface area contributed by atoms with Gasteiger partial charge >= 0.3 is 0 Å². The number of aliphatic hydroxyl groups is 1. The van der Waals surface area contributed by atoms with Crippen molar-refractivity contribution in [1.82, 2.24) is 0 Å². The van der Waals surface area contributed by atoms with Gasteiger partial charge < -0.3 is 19.3 Å². The van der Waals surface area contributed by atoms with E-state index >= 15 is 0 Å². The Morgan fingerprint density at radius 1 is 1.20 bits per heavy atom. The van der Waals surface area contributed by atoms with Crippen molar-refractivity contribution in [2.45, 2.75) is 31.8 Å². The standard InChI is InChI=1S/C16H24O4/c1-18-11-12-19-9-4-10-20-16-8-3-5-13-14(16)6-2-7-15(13)17/h3,5,8,15,17H,2,4,6-7,9-12H2,1H3. The van der Waals surface area contributed by atoms with Crippen LogP contribution in [0.2, 0.25) is 0 Å². The molecule has 0 aliphatic heterocycles. The van der Waals surface area contributed by atoms with E-state index in [1.165, 1.54) is 5.56 Å². The summed E-state index contributed by atoms with van der Waals surface area (Å²) in [5.74, 6) is 0.915. The molecule has 1 atom stereocenters. The topological polar surface area (TPSA) is 47.9 Å². The SMILES string of the molecule is COCCOCCCOc1cccc2c1CCCC2O. The predicted octanol–water partition coefficient (Wildman–Crippen LogP) is 2.49. The maximum Gasteiger partial charge on any atom is 0.122 e. The molecule has 1 unspecified atom stereocenters. The van der Waals surface area contributed by atoms with Gasteiger partial charge in [-0.2, -0.15) is 0 Å². The average Bonchev–Trinajstić information content (AvgIpc) is 2.47. The minimum atomic E-state index is -0.334. The van der Waals surface area contributed by atoms with Gasteiger partial charge in [0.15, 0.2) is 0 Å². The molecule has 0 amide bonds. The lowest BCUT2D eigenvalue weighted by Crippen LogP contribution is -2.12. The summed E-state index contributed by atoms with van der Waals surface area (Å²) in [5, 5.41) is 9.99. The van der Waals surface area contributed by atoms with Gasteiger partial charge in [-0.15, -0.1) is 0 Å². The van der Waals surface area contributed by atoms with Crippen LogP contribution < -0.4 is 4.74 Å². The quantitative estimate of drug-likeness (QED) is 0.743. The summed E-state index contributed by atoms with van der Waals surface area (Å²) >= 11 is 0. The first-order chi connectivity index (χ1) is 9.83. The van der Waals surface area contributed by atoms with Crippen LogP contribution in [0.3, 0.4) is 0 Å². The summed E-state index contributed by atoms with van der Waals surface area (Å²) in [5.41, 5.74) is 2.21. The number of methoxy groups -OCH3 is 1. The van der Waals surface area contributed by atoms with Crippen LogP contribution in [0.4, 0.5) is 0 Å². The highest BCUT2D eigenvalue weighted by atomic mass is 16.5. The Balaban J connectivity index is 1.77. The van der Waals surface area contributed by atoms with Crippen LogP contribution in [0.15, 0.2) is 18.2 Å². The first-order valence-corrected chi connectivity index (χ1v) is 7.32. The van der Waals surface area contributed by atoms with E-state index in [9.17, 15) is 5.11 Å². The molecular weight excluding hydrogens is 256 g/mol. The van der Waals surface area contributed by atoms with Crippen molar-refractivity contribution in [3.63, 3.8) is 0 Å². The van der Waals surface area contributed by atoms with E-state index in [4.69, 9.17) is 14.2 Å². The summed E-state index contributed by atoms with van der Waals surface area (Å²) < 4.78 is 16.1. The fraction of sp³-hybridized carbons (Fsp3) is 0.625. The Hall–Kier alpha value is -1.10. The zero-order chi connectivity index (χ0) is 14.2. The summed E-state index contributed by atoms with van der Waals surface area (Å²) in [6.45, 7) is 2.58. The largest absolute Gasteiger partial charge is 0.493 e. The smallest absolute Gasteiger partial charge is 0.122 e. The molecule has 1 aromatic carbocycles. The summed E-state index contributed by atoms with van der Waals surface area (Å²) in [6.07, 6.45) is 3.39. The molecule has 1 aliphatic rings. The monoisotopic (exact) mass is 280 g/mol. The molecule has 1 N–H and O–H groups in total. The Kier molecular flexibility index (Phi) is 6.30. The Labute approximate surface area is 120 Å². The molecule has 2 rings (SSSR count). The molecule has 1 aromatic rings. The molecule has 0 spiro atoms. The molecule has 0 heterocycles. The minimum Gasteiger partial charge on any atom is -0.493 e. The summed E-state index contributed by atoms with van der Waals surface area (Å²) in [7, 11) is 1.67. The van der Waals surface area contributed by atoms with Crippen LogP contribution in [0.1, 0.15) is 36.5 Å². The van der Waals surface area contributed by atoms with E-state index in [1.807, 2.05) is 18.2 Å². The highest BCUT2D eigenvalue weighted by molar-refractivity contribution is 5.42. The van der Waals surface area contributed by atoms with Crippen molar-refractivity contribution in [1.29, 1.82) is 0 Å². The zero-order valence-electron chi connectivity index (χ0n) is 12.1. The number of rotatable bonds is 8. The number of hydrogen-bond donors (Lipinski definition) is 1. The first-order valence-electron chi connectivity index (χ1n) is 7.32. The number of ether oxygens (including phenoxy) is 3. The molecule has 112 valence electrons. The zero-order valence-corrected chi connectivity index (χ0v) is 12.1. The maximum atomic E-state index is 9.99. The molecule has 0 saturated heterocycles. The number of aliphatic hydroxyl groups excluding tert-OH is 1. The Morgan fingerprint density at radius 2 is 2.10 bits per heavy atom. The van der Waals surface area contributed by atoms with Gasteiger partial charge in [-0.25, -0.2) is 0 Å². The molecule has 1 aliphatic carbocycles.